The number of aromatic nitrogens is 3. The minimum atomic E-state index is -0.0318. The third-order valence-electron chi connectivity index (χ3n) is 6.94. The van der Waals surface area contributed by atoms with E-state index >= 15 is 0 Å². The number of aryl methyl sites for hydroxylation is 5. The van der Waals surface area contributed by atoms with Crippen molar-refractivity contribution in [2.24, 2.45) is 0 Å². The summed E-state index contributed by atoms with van der Waals surface area (Å²) in [5.74, 6) is 0.118. The number of amides is 1. The van der Waals surface area contributed by atoms with E-state index in [1.54, 1.807) is 15.3 Å². The van der Waals surface area contributed by atoms with E-state index in [4.69, 9.17) is 0 Å². The van der Waals surface area contributed by atoms with Crippen molar-refractivity contribution in [1.82, 2.24) is 19.1 Å². The average molecular weight is 434 g/mol. The molecule has 5 rings (SSSR count). The van der Waals surface area contributed by atoms with Crippen LogP contribution in [0.25, 0.3) is 5.52 Å². The number of carbonyl (C=O) groups is 1. The summed E-state index contributed by atoms with van der Waals surface area (Å²) in [5.41, 5.74) is 6.61. The topological polar surface area (TPSA) is 62.9 Å². The molecule has 1 aliphatic carbocycles. The molecule has 3 heterocycles. The van der Waals surface area contributed by atoms with Gasteiger partial charge in [0, 0.05) is 62.8 Å². The number of carbonyl (C=O) groups excluding carboxylic acids is 1. The first-order chi connectivity index (χ1) is 15.5. The van der Waals surface area contributed by atoms with Crippen molar-refractivity contribution in [2.75, 3.05) is 31.1 Å². The fourth-order valence-corrected chi connectivity index (χ4v) is 5.06. The number of hydrogen-bond donors (Lipinski definition) is 0. The third kappa shape index (κ3) is 3.80. The van der Waals surface area contributed by atoms with Crippen molar-refractivity contribution in [3.05, 3.63) is 63.3 Å². The minimum Gasteiger partial charge on any atom is -0.368 e. The zero-order chi connectivity index (χ0) is 22.2. The second-order valence-electron chi connectivity index (χ2n) is 9.13. The van der Waals surface area contributed by atoms with Gasteiger partial charge in [0.15, 0.2) is 0 Å². The summed E-state index contributed by atoms with van der Waals surface area (Å²) in [5, 5.41) is 4.59. The molecule has 32 heavy (non-hydrogen) atoms. The van der Waals surface area contributed by atoms with Gasteiger partial charge in [0.25, 0.3) is 5.56 Å². The molecule has 168 valence electrons. The van der Waals surface area contributed by atoms with E-state index in [9.17, 15) is 9.59 Å². The van der Waals surface area contributed by atoms with Crippen molar-refractivity contribution >= 4 is 17.1 Å². The van der Waals surface area contributed by atoms with Gasteiger partial charge in [-0.1, -0.05) is 12.1 Å². The van der Waals surface area contributed by atoms with Gasteiger partial charge in [-0.2, -0.15) is 5.10 Å². The lowest BCUT2D eigenvalue weighted by Crippen LogP contribution is -2.49. The Bertz CT molecular complexity index is 1220. The molecule has 7 heteroatoms. The molecule has 0 atom stereocenters. The van der Waals surface area contributed by atoms with E-state index in [2.05, 4.69) is 42.0 Å². The van der Waals surface area contributed by atoms with Crippen LogP contribution in [0.5, 0.6) is 0 Å². The number of fused-ring (bicyclic) bond motifs is 3. The van der Waals surface area contributed by atoms with E-state index in [1.807, 2.05) is 11.1 Å². The number of nitrogens with zero attached hydrogens (tertiary/aromatic N) is 5. The highest BCUT2D eigenvalue weighted by atomic mass is 16.2. The van der Waals surface area contributed by atoms with Crippen LogP contribution < -0.4 is 10.5 Å². The molecule has 1 amide bonds. The van der Waals surface area contributed by atoms with E-state index in [-0.39, 0.29) is 11.5 Å². The summed E-state index contributed by atoms with van der Waals surface area (Å²) in [6.07, 6.45) is 8.06. The first-order valence-electron chi connectivity index (χ1n) is 11.7. The fourth-order valence-electron chi connectivity index (χ4n) is 5.06. The van der Waals surface area contributed by atoms with Crippen LogP contribution in [0.15, 0.2) is 35.4 Å². The van der Waals surface area contributed by atoms with Crippen LogP contribution >= 0.6 is 0 Å². The molecule has 1 aromatic carbocycles. The van der Waals surface area contributed by atoms with Crippen molar-refractivity contribution in [1.29, 1.82) is 0 Å². The Morgan fingerprint density at radius 3 is 2.62 bits per heavy atom. The van der Waals surface area contributed by atoms with E-state index in [1.165, 1.54) is 16.8 Å². The molecule has 0 saturated carbocycles. The summed E-state index contributed by atoms with van der Waals surface area (Å²) in [7, 11) is 0. The largest absolute Gasteiger partial charge is 0.368 e. The van der Waals surface area contributed by atoms with Crippen LogP contribution in [-0.4, -0.2) is 51.2 Å². The maximum Gasteiger partial charge on any atom is 0.276 e. The van der Waals surface area contributed by atoms with Crippen LogP contribution in [-0.2, 0) is 24.2 Å². The Morgan fingerprint density at radius 2 is 1.81 bits per heavy atom. The first kappa shape index (κ1) is 20.8. The summed E-state index contributed by atoms with van der Waals surface area (Å²) < 4.78 is 3.40. The van der Waals surface area contributed by atoms with Crippen molar-refractivity contribution in [3.8, 4) is 0 Å². The molecule has 0 bridgehead atoms. The number of rotatable bonds is 4. The number of hydrogen-bond acceptors (Lipinski definition) is 4. The number of anilines is 1. The second-order valence-corrected chi connectivity index (χ2v) is 9.13. The number of piperazine rings is 1. The monoisotopic (exact) mass is 433 g/mol. The van der Waals surface area contributed by atoms with E-state index in [0.29, 0.717) is 18.5 Å². The molecule has 7 nitrogen and oxygen atoms in total. The van der Waals surface area contributed by atoms with Crippen LogP contribution in [0.2, 0.25) is 0 Å². The van der Waals surface area contributed by atoms with Gasteiger partial charge in [0.1, 0.15) is 5.52 Å². The molecule has 0 radical (unpaired) electrons. The maximum atomic E-state index is 13.1. The Kier molecular flexibility index (Phi) is 5.49. The molecule has 1 aliphatic heterocycles. The molecule has 2 aliphatic rings. The highest BCUT2D eigenvalue weighted by Crippen LogP contribution is 2.24. The van der Waals surface area contributed by atoms with Crippen LogP contribution in [0.4, 0.5) is 5.69 Å². The summed E-state index contributed by atoms with van der Waals surface area (Å²) in [6.45, 7) is 7.77. The SMILES string of the molecule is Cc1ccc(C)c(N2CCN(C(=O)CCn3ccn4nc5c(c4c3=O)CCCC5)CC2)c1. The molecule has 3 aromatic rings. The third-order valence-corrected chi connectivity index (χ3v) is 6.94. The van der Waals surface area contributed by atoms with Gasteiger partial charge in [-0.25, -0.2) is 4.52 Å². The molecule has 2 aromatic heterocycles. The molecule has 1 fully saturated rings. The average Bonchev–Trinajstić information content (AvgIpc) is 3.19. The van der Waals surface area contributed by atoms with Crippen LogP contribution in [0.3, 0.4) is 0 Å². The standard InChI is InChI=1S/C25H31N5O2/c1-18-7-8-19(2)22(17-18)27-11-13-28(14-12-27)23(31)9-10-29-15-16-30-24(25(29)32)20-5-3-4-6-21(20)26-30/h7-8,15-17H,3-6,9-14H2,1-2H3. The Labute approximate surface area is 188 Å². The maximum absolute atomic E-state index is 13.1. The van der Waals surface area contributed by atoms with Crippen molar-refractivity contribution in [3.63, 3.8) is 0 Å². The summed E-state index contributed by atoms with van der Waals surface area (Å²) in [4.78, 5) is 30.3. The van der Waals surface area contributed by atoms with Gasteiger partial charge < -0.3 is 14.4 Å². The second kappa shape index (κ2) is 8.45. The Hall–Kier alpha value is -3.09. The van der Waals surface area contributed by atoms with Gasteiger partial charge in [0.2, 0.25) is 5.91 Å². The Balaban J connectivity index is 1.23. The van der Waals surface area contributed by atoms with Crippen molar-refractivity contribution < 1.29 is 4.79 Å². The van der Waals surface area contributed by atoms with Gasteiger partial charge >= 0.3 is 0 Å². The zero-order valence-corrected chi connectivity index (χ0v) is 19.0. The van der Waals surface area contributed by atoms with E-state index < -0.39 is 0 Å². The zero-order valence-electron chi connectivity index (χ0n) is 19.0. The smallest absolute Gasteiger partial charge is 0.276 e. The number of benzene rings is 1. The molecular weight excluding hydrogens is 402 g/mol. The van der Waals surface area contributed by atoms with Crippen LogP contribution in [0.1, 0.15) is 41.6 Å². The van der Waals surface area contributed by atoms with Gasteiger partial charge in [-0.3, -0.25) is 9.59 Å². The normalized spacial score (nSPS) is 16.4. The van der Waals surface area contributed by atoms with Gasteiger partial charge in [-0.15, -0.1) is 0 Å². The molecular formula is C25H31N5O2. The van der Waals surface area contributed by atoms with Gasteiger partial charge in [0.05, 0.1) is 5.69 Å². The lowest BCUT2D eigenvalue weighted by atomic mass is 9.97. The fraction of sp³-hybridized carbons (Fsp3) is 0.480. The summed E-state index contributed by atoms with van der Waals surface area (Å²) >= 11 is 0. The molecule has 1 saturated heterocycles. The highest BCUT2D eigenvalue weighted by Gasteiger charge is 2.23. The predicted octanol–water partition coefficient (Wildman–Crippen LogP) is 2.73. The van der Waals surface area contributed by atoms with Gasteiger partial charge in [-0.05, 0) is 56.7 Å². The first-order valence-corrected chi connectivity index (χ1v) is 11.7. The molecule has 0 spiro atoms. The minimum absolute atomic E-state index is 0.0318. The quantitative estimate of drug-likeness (QED) is 0.635. The predicted molar refractivity (Wildman–Crippen MR) is 125 cm³/mol. The Morgan fingerprint density at radius 1 is 1.03 bits per heavy atom. The van der Waals surface area contributed by atoms with E-state index in [0.717, 1.165) is 63.1 Å². The summed E-state index contributed by atoms with van der Waals surface area (Å²) in [6, 6.07) is 6.52. The molecule has 0 N–H and O–H groups in total. The lowest BCUT2D eigenvalue weighted by molar-refractivity contribution is -0.131. The van der Waals surface area contributed by atoms with Crippen LogP contribution in [0, 0.1) is 13.8 Å². The highest BCUT2D eigenvalue weighted by molar-refractivity contribution is 5.76. The molecule has 0 unspecified atom stereocenters. The lowest BCUT2D eigenvalue weighted by Gasteiger charge is -2.37. The van der Waals surface area contributed by atoms with Crippen molar-refractivity contribution in [2.45, 2.75) is 52.5 Å².